The standard InChI is InChI=1S/C23H23N3O4/c1-15(30-16-9-10-20-21(12-16)29-14-28-20)23(27)25-18-7-3-2-6-17(18)19-13-26-11-5-4-8-22(26)24-19/h2-3,6-7,9-10,12-13,15H,4-5,8,11,14H2,1H3,(H,25,27). The number of fused-ring (bicyclic) bond motifs is 2. The second-order valence-electron chi connectivity index (χ2n) is 7.50. The number of aryl methyl sites for hydroxylation is 2. The lowest BCUT2D eigenvalue weighted by Crippen LogP contribution is -2.30. The number of carbonyl (C=O) groups is 1. The molecule has 7 heteroatoms. The quantitative estimate of drug-likeness (QED) is 0.694. The van der Waals surface area contributed by atoms with Crippen LogP contribution in [-0.4, -0.2) is 28.4 Å². The van der Waals surface area contributed by atoms with Crippen LogP contribution in [0.4, 0.5) is 5.69 Å². The lowest BCUT2D eigenvalue weighted by molar-refractivity contribution is -0.122. The van der Waals surface area contributed by atoms with E-state index in [9.17, 15) is 4.79 Å². The summed E-state index contributed by atoms with van der Waals surface area (Å²) in [5, 5.41) is 2.99. The number of aromatic nitrogens is 2. The van der Waals surface area contributed by atoms with Gasteiger partial charge in [-0.15, -0.1) is 0 Å². The first-order valence-corrected chi connectivity index (χ1v) is 10.2. The molecule has 1 amide bonds. The molecule has 0 saturated heterocycles. The molecule has 2 aliphatic heterocycles. The minimum atomic E-state index is -0.686. The van der Waals surface area contributed by atoms with Crippen molar-refractivity contribution in [2.45, 2.75) is 38.8 Å². The molecule has 0 radical (unpaired) electrons. The van der Waals surface area contributed by atoms with E-state index in [0.29, 0.717) is 17.2 Å². The molecule has 1 atom stereocenters. The fourth-order valence-corrected chi connectivity index (χ4v) is 3.80. The second-order valence-corrected chi connectivity index (χ2v) is 7.50. The summed E-state index contributed by atoms with van der Waals surface area (Å²) in [5.74, 6) is 2.73. The molecule has 2 aromatic carbocycles. The monoisotopic (exact) mass is 405 g/mol. The van der Waals surface area contributed by atoms with E-state index < -0.39 is 6.10 Å². The minimum absolute atomic E-state index is 0.198. The Morgan fingerprint density at radius 2 is 2.03 bits per heavy atom. The van der Waals surface area contributed by atoms with Crippen LogP contribution in [-0.2, 0) is 17.8 Å². The van der Waals surface area contributed by atoms with Crippen LogP contribution in [0.15, 0.2) is 48.7 Å². The Morgan fingerprint density at radius 1 is 1.17 bits per heavy atom. The summed E-state index contributed by atoms with van der Waals surface area (Å²) in [6, 6.07) is 13.0. The Bertz CT molecular complexity index is 1070. The maximum Gasteiger partial charge on any atom is 0.265 e. The van der Waals surface area contributed by atoms with Gasteiger partial charge in [0, 0.05) is 30.8 Å². The number of rotatable bonds is 5. The molecular formula is C23H23N3O4. The molecule has 1 aromatic heterocycles. The maximum absolute atomic E-state index is 12.8. The van der Waals surface area contributed by atoms with Crippen LogP contribution in [0.3, 0.4) is 0 Å². The molecule has 3 heterocycles. The van der Waals surface area contributed by atoms with Crippen molar-refractivity contribution in [2.24, 2.45) is 0 Å². The number of hydrogen-bond acceptors (Lipinski definition) is 5. The number of anilines is 1. The van der Waals surface area contributed by atoms with E-state index >= 15 is 0 Å². The van der Waals surface area contributed by atoms with E-state index in [-0.39, 0.29) is 12.7 Å². The maximum atomic E-state index is 12.8. The van der Waals surface area contributed by atoms with Crippen LogP contribution in [0.1, 0.15) is 25.6 Å². The molecule has 0 bridgehead atoms. The molecule has 0 spiro atoms. The largest absolute Gasteiger partial charge is 0.481 e. The van der Waals surface area contributed by atoms with Crippen LogP contribution in [0.2, 0.25) is 0 Å². The van der Waals surface area contributed by atoms with Crippen molar-refractivity contribution in [3.8, 4) is 28.5 Å². The highest BCUT2D eigenvalue weighted by Gasteiger charge is 2.20. The van der Waals surface area contributed by atoms with Crippen LogP contribution in [0.5, 0.6) is 17.2 Å². The van der Waals surface area contributed by atoms with E-state index in [1.165, 1.54) is 12.8 Å². The second kappa shape index (κ2) is 7.74. The number of amides is 1. The van der Waals surface area contributed by atoms with Crippen LogP contribution in [0.25, 0.3) is 11.3 Å². The summed E-state index contributed by atoms with van der Waals surface area (Å²) in [6.45, 7) is 2.91. The summed E-state index contributed by atoms with van der Waals surface area (Å²) in [6.07, 6.45) is 4.73. The molecule has 0 aliphatic carbocycles. The van der Waals surface area contributed by atoms with Crippen molar-refractivity contribution in [1.29, 1.82) is 0 Å². The van der Waals surface area contributed by atoms with E-state index in [1.54, 1.807) is 25.1 Å². The zero-order valence-corrected chi connectivity index (χ0v) is 16.8. The Hall–Kier alpha value is -3.48. The van der Waals surface area contributed by atoms with Crippen LogP contribution in [0, 0.1) is 0 Å². The van der Waals surface area contributed by atoms with Gasteiger partial charge in [0.2, 0.25) is 6.79 Å². The Morgan fingerprint density at radius 3 is 2.93 bits per heavy atom. The van der Waals surface area contributed by atoms with Crippen LogP contribution >= 0.6 is 0 Å². The summed E-state index contributed by atoms with van der Waals surface area (Å²) >= 11 is 0. The molecule has 1 unspecified atom stereocenters. The topological polar surface area (TPSA) is 74.6 Å². The van der Waals surface area contributed by atoms with Gasteiger partial charge in [-0.3, -0.25) is 4.79 Å². The number of para-hydroxylation sites is 1. The summed E-state index contributed by atoms with van der Waals surface area (Å²) in [7, 11) is 0. The number of nitrogens with zero attached hydrogens (tertiary/aromatic N) is 2. The Labute approximate surface area is 174 Å². The number of hydrogen-bond donors (Lipinski definition) is 1. The first kappa shape index (κ1) is 18.5. The highest BCUT2D eigenvalue weighted by Crippen LogP contribution is 2.35. The van der Waals surface area contributed by atoms with E-state index in [1.807, 2.05) is 24.3 Å². The molecule has 0 fully saturated rings. The average Bonchev–Trinajstić information content (AvgIpc) is 3.40. The molecule has 5 rings (SSSR count). The van der Waals surface area contributed by atoms with Gasteiger partial charge in [0.25, 0.3) is 5.91 Å². The Balaban J connectivity index is 1.32. The predicted molar refractivity (Wildman–Crippen MR) is 112 cm³/mol. The molecule has 1 N–H and O–H groups in total. The Kier molecular flexibility index (Phi) is 4.78. The number of imidazole rings is 1. The summed E-state index contributed by atoms with van der Waals surface area (Å²) < 4.78 is 18.7. The smallest absolute Gasteiger partial charge is 0.265 e. The van der Waals surface area contributed by atoms with Crippen molar-refractivity contribution in [2.75, 3.05) is 12.1 Å². The first-order valence-electron chi connectivity index (χ1n) is 10.2. The molecule has 30 heavy (non-hydrogen) atoms. The third-order valence-corrected chi connectivity index (χ3v) is 5.40. The van der Waals surface area contributed by atoms with Crippen molar-refractivity contribution >= 4 is 11.6 Å². The number of nitrogens with one attached hydrogen (secondary N) is 1. The lowest BCUT2D eigenvalue weighted by Gasteiger charge is -2.16. The highest BCUT2D eigenvalue weighted by molar-refractivity contribution is 5.97. The number of carbonyl (C=O) groups excluding carboxylic acids is 1. The van der Waals surface area contributed by atoms with Gasteiger partial charge in [0.1, 0.15) is 11.6 Å². The molecular weight excluding hydrogens is 382 g/mol. The van der Waals surface area contributed by atoms with Gasteiger partial charge in [-0.2, -0.15) is 0 Å². The normalized spacial score (nSPS) is 15.4. The fraction of sp³-hybridized carbons (Fsp3) is 0.304. The zero-order chi connectivity index (χ0) is 20.5. The third kappa shape index (κ3) is 3.58. The van der Waals surface area contributed by atoms with E-state index in [2.05, 4.69) is 16.1 Å². The fourth-order valence-electron chi connectivity index (χ4n) is 3.80. The van der Waals surface area contributed by atoms with Gasteiger partial charge in [-0.25, -0.2) is 4.98 Å². The minimum Gasteiger partial charge on any atom is -0.481 e. The molecule has 7 nitrogen and oxygen atoms in total. The van der Waals surface area contributed by atoms with Gasteiger partial charge in [-0.05, 0) is 38.0 Å². The molecule has 0 saturated carbocycles. The van der Waals surface area contributed by atoms with Gasteiger partial charge < -0.3 is 24.1 Å². The number of ether oxygens (including phenoxy) is 3. The molecule has 154 valence electrons. The predicted octanol–water partition coefficient (Wildman–Crippen LogP) is 4.02. The van der Waals surface area contributed by atoms with E-state index in [4.69, 9.17) is 19.2 Å². The third-order valence-electron chi connectivity index (χ3n) is 5.40. The summed E-state index contributed by atoms with van der Waals surface area (Å²) in [5.41, 5.74) is 2.51. The van der Waals surface area contributed by atoms with E-state index in [0.717, 1.165) is 35.7 Å². The van der Waals surface area contributed by atoms with Gasteiger partial charge in [0.15, 0.2) is 17.6 Å². The van der Waals surface area contributed by atoms with Gasteiger partial charge in [0.05, 0.1) is 11.4 Å². The van der Waals surface area contributed by atoms with Gasteiger partial charge >= 0.3 is 0 Å². The first-order chi connectivity index (χ1) is 14.7. The molecule has 3 aromatic rings. The van der Waals surface area contributed by atoms with Crippen molar-refractivity contribution in [3.05, 3.63) is 54.5 Å². The number of benzene rings is 2. The van der Waals surface area contributed by atoms with Crippen molar-refractivity contribution in [3.63, 3.8) is 0 Å². The highest BCUT2D eigenvalue weighted by atomic mass is 16.7. The van der Waals surface area contributed by atoms with Crippen molar-refractivity contribution in [1.82, 2.24) is 9.55 Å². The average molecular weight is 405 g/mol. The summed E-state index contributed by atoms with van der Waals surface area (Å²) in [4.78, 5) is 17.6. The van der Waals surface area contributed by atoms with Crippen LogP contribution < -0.4 is 19.5 Å². The molecule has 2 aliphatic rings. The zero-order valence-electron chi connectivity index (χ0n) is 16.8. The van der Waals surface area contributed by atoms with Crippen molar-refractivity contribution < 1.29 is 19.0 Å². The lowest BCUT2D eigenvalue weighted by atomic mass is 10.1. The SMILES string of the molecule is CC(Oc1ccc2c(c1)OCO2)C(=O)Nc1ccccc1-c1cn2c(n1)CCCC2. The van der Waals surface area contributed by atoms with Gasteiger partial charge in [-0.1, -0.05) is 18.2 Å².